The van der Waals surface area contributed by atoms with Gasteiger partial charge in [-0.3, -0.25) is 4.79 Å². The fraction of sp³-hybridized carbons (Fsp3) is 0.462. The molecular formula is C13H17ClN2O2. The highest BCUT2D eigenvalue weighted by Crippen LogP contribution is 2.38. The quantitative estimate of drug-likeness (QED) is 0.894. The Morgan fingerprint density at radius 1 is 1.44 bits per heavy atom. The predicted molar refractivity (Wildman–Crippen MR) is 73.9 cm³/mol. The largest absolute Gasteiger partial charge is 0.480 e. The Kier molecular flexibility index (Phi) is 3.66. The fourth-order valence-corrected chi connectivity index (χ4v) is 2.76. The van der Waals surface area contributed by atoms with Crippen LogP contribution >= 0.6 is 11.6 Å². The van der Waals surface area contributed by atoms with Crippen molar-refractivity contribution >= 4 is 28.9 Å². The number of carboxylic acids is 1. The van der Waals surface area contributed by atoms with E-state index >= 15 is 0 Å². The second-order valence-corrected chi connectivity index (χ2v) is 5.11. The van der Waals surface area contributed by atoms with E-state index in [0.29, 0.717) is 11.6 Å². The van der Waals surface area contributed by atoms with Crippen LogP contribution in [0.3, 0.4) is 0 Å². The standard InChI is InChI=1S/C13H17ClN2O2/c1-9-6-10(14)13-11(7-9)15(2)4-3-5-16(13)8-12(17)18/h6-7H,3-5,8H2,1-2H3,(H,17,18). The molecule has 0 fully saturated rings. The first kappa shape index (κ1) is 13.0. The molecule has 0 aromatic heterocycles. The number of aryl methyl sites for hydroxylation is 1. The minimum Gasteiger partial charge on any atom is -0.480 e. The lowest BCUT2D eigenvalue weighted by Gasteiger charge is -2.26. The van der Waals surface area contributed by atoms with Gasteiger partial charge < -0.3 is 14.9 Å². The highest BCUT2D eigenvalue weighted by molar-refractivity contribution is 6.34. The Balaban J connectivity index is 2.50. The molecule has 1 aromatic rings. The van der Waals surface area contributed by atoms with Gasteiger partial charge in [-0.25, -0.2) is 0 Å². The highest BCUT2D eigenvalue weighted by atomic mass is 35.5. The third-order valence-electron chi connectivity index (χ3n) is 3.16. The maximum Gasteiger partial charge on any atom is 0.323 e. The van der Waals surface area contributed by atoms with Crippen molar-refractivity contribution in [2.45, 2.75) is 13.3 Å². The van der Waals surface area contributed by atoms with Gasteiger partial charge in [0, 0.05) is 20.1 Å². The Bertz CT molecular complexity index is 476. The van der Waals surface area contributed by atoms with Crippen molar-refractivity contribution in [1.29, 1.82) is 0 Å². The van der Waals surface area contributed by atoms with Gasteiger partial charge in [0.2, 0.25) is 0 Å². The second-order valence-electron chi connectivity index (χ2n) is 4.70. The molecule has 0 unspecified atom stereocenters. The lowest BCUT2D eigenvalue weighted by molar-refractivity contribution is -0.135. The van der Waals surface area contributed by atoms with Gasteiger partial charge in [0.25, 0.3) is 0 Å². The zero-order valence-corrected chi connectivity index (χ0v) is 11.4. The highest BCUT2D eigenvalue weighted by Gasteiger charge is 2.23. The number of halogens is 1. The van der Waals surface area contributed by atoms with Crippen molar-refractivity contribution < 1.29 is 9.90 Å². The van der Waals surface area contributed by atoms with Crippen molar-refractivity contribution in [3.05, 3.63) is 22.7 Å². The van der Waals surface area contributed by atoms with Crippen molar-refractivity contribution in [2.24, 2.45) is 0 Å². The fourth-order valence-electron chi connectivity index (χ4n) is 2.37. The monoisotopic (exact) mass is 268 g/mol. The van der Waals surface area contributed by atoms with E-state index in [1.165, 1.54) is 0 Å². The molecule has 0 radical (unpaired) electrons. The average molecular weight is 269 g/mol. The SMILES string of the molecule is Cc1cc(Cl)c2c(c1)N(C)CCCN2CC(=O)O. The van der Waals surface area contributed by atoms with E-state index in [9.17, 15) is 4.79 Å². The molecule has 0 amide bonds. The third-order valence-corrected chi connectivity index (χ3v) is 3.45. The number of rotatable bonds is 2. The lowest BCUT2D eigenvalue weighted by atomic mass is 10.1. The number of fused-ring (bicyclic) bond motifs is 1. The minimum atomic E-state index is -0.831. The van der Waals surface area contributed by atoms with Crippen molar-refractivity contribution in [3.8, 4) is 0 Å². The summed E-state index contributed by atoms with van der Waals surface area (Å²) in [6, 6.07) is 3.94. The van der Waals surface area contributed by atoms with Crippen LogP contribution in [0.1, 0.15) is 12.0 Å². The van der Waals surface area contributed by atoms with Gasteiger partial charge in [-0.15, -0.1) is 0 Å². The molecule has 1 aliphatic rings. The van der Waals surface area contributed by atoms with Crippen LogP contribution in [0.2, 0.25) is 5.02 Å². The van der Waals surface area contributed by atoms with Crippen molar-refractivity contribution in [1.82, 2.24) is 0 Å². The molecule has 2 rings (SSSR count). The lowest BCUT2D eigenvalue weighted by Crippen LogP contribution is -2.30. The van der Waals surface area contributed by atoms with Crippen LogP contribution in [0.25, 0.3) is 0 Å². The average Bonchev–Trinajstić information content (AvgIpc) is 2.39. The third kappa shape index (κ3) is 2.53. The van der Waals surface area contributed by atoms with E-state index in [1.807, 2.05) is 24.9 Å². The van der Waals surface area contributed by atoms with Crippen LogP contribution in [0.4, 0.5) is 11.4 Å². The molecule has 1 aromatic carbocycles. The predicted octanol–water partition coefficient (Wildman–Crippen LogP) is 2.38. The zero-order valence-electron chi connectivity index (χ0n) is 10.6. The Hall–Kier alpha value is -1.42. The topological polar surface area (TPSA) is 43.8 Å². The van der Waals surface area contributed by atoms with Gasteiger partial charge in [0.1, 0.15) is 6.54 Å². The summed E-state index contributed by atoms with van der Waals surface area (Å²) in [5, 5.41) is 9.62. The van der Waals surface area contributed by atoms with E-state index in [1.54, 1.807) is 0 Å². The molecule has 0 spiro atoms. The summed E-state index contributed by atoms with van der Waals surface area (Å²) in [4.78, 5) is 14.9. The first-order valence-electron chi connectivity index (χ1n) is 5.97. The molecule has 0 saturated heterocycles. The molecule has 1 N–H and O–H groups in total. The van der Waals surface area contributed by atoms with Crippen molar-refractivity contribution in [2.75, 3.05) is 36.5 Å². The first-order valence-corrected chi connectivity index (χ1v) is 6.35. The molecule has 4 nitrogen and oxygen atoms in total. The molecule has 98 valence electrons. The molecule has 0 bridgehead atoms. The number of hydrogen-bond acceptors (Lipinski definition) is 3. The number of hydrogen-bond donors (Lipinski definition) is 1. The zero-order chi connectivity index (χ0) is 13.3. The van der Waals surface area contributed by atoms with Gasteiger partial charge in [0.05, 0.1) is 16.4 Å². The smallest absolute Gasteiger partial charge is 0.323 e. The molecule has 1 aliphatic heterocycles. The van der Waals surface area contributed by atoms with E-state index in [2.05, 4.69) is 11.0 Å². The van der Waals surface area contributed by atoms with E-state index in [4.69, 9.17) is 16.7 Å². The molecule has 0 atom stereocenters. The normalized spacial score (nSPS) is 15.3. The molecular weight excluding hydrogens is 252 g/mol. The number of carbonyl (C=O) groups is 1. The number of anilines is 2. The minimum absolute atomic E-state index is 0.0103. The molecule has 5 heteroatoms. The van der Waals surface area contributed by atoms with Gasteiger partial charge in [-0.1, -0.05) is 11.6 Å². The Morgan fingerprint density at radius 3 is 2.83 bits per heavy atom. The molecule has 1 heterocycles. The molecule has 0 saturated carbocycles. The van der Waals surface area contributed by atoms with E-state index in [-0.39, 0.29) is 6.54 Å². The maximum atomic E-state index is 11.0. The van der Waals surface area contributed by atoms with E-state index in [0.717, 1.165) is 29.9 Å². The van der Waals surface area contributed by atoms with Crippen LogP contribution < -0.4 is 9.80 Å². The number of aliphatic carboxylic acids is 1. The Morgan fingerprint density at radius 2 is 2.17 bits per heavy atom. The summed E-state index contributed by atoms with van der Waals surface area (Å²) in [6.07, 6.45) is 0.924. The van der Waals surface area contributed by atoms with Crippen LogP contribution in [-0.2, 0) is 4.79 Å². The number of carboxylic acid groups (broad SMARTS) is 1. The number of benzene rings is 1. The summed E-state index contributed by atoms with van der Waals surface area (Å²) in [5.41, 5.74) is 2.94. The van der Waals surface area contributed by atoms with Crippen LogP contribution in [0.15, 0.2) is 12.1 Å². The van der Waals surface area contributed by atoms with Gasteiger partial charge in [-0.05, 0) is 31.0 Å². The van der Waals surface area contributed by atoms with Crippen LogP contribution in [0.5, 0.6) is 0 Å². The molecule has 0 aliphatic carbocycles. The summed E-state index contributed by atoms with van der Waals surface area (Å²) in [6.45, 7) is 3.60. The van der Waals surface area contributed by atoms with Crippen molar-refractivity contribution in [3.63, 3.8) is 0 Å². The summed E-state index contributed by atoms with van der Waals surface area (Å²) in [7, 11) is 2.01. The molecule has 18 heavy (non-hydrogen) atoms. The first-order chi connectivity index (χ1) is 8.49. The maximum absolute atomic E-state index is 11.0. The van der Waals surface area contributed by atoms with Gasteiger partial charge in [-0.2, -0.15) is 0 Å². The summed E-state index contributed by atoms with van der Waals surface area (Å²) >= 11 is 6.30. The van der Waals surface area contributed by atoms with E-state index < -0.39 is 5.97 Å². The second kappa shape index (κ2) is 5.06. The van der Waals surface area contributed by atoms with Crippen LogP contribution in [-0.4, -0.2) is 37.8 Å². The van der Waals surface area contributed by atoms with Gasteiger partial charge in [0.15, 0.2) is 0 Å². The van der Waals surface area contributed by atoms with Gasteiger partial charge >= 0.3 is 5.97 Å². The summed E-state index contributed by atoms with van der Waals surface area (Å²) in [5.74, 6) is -0.831. The Labute approximate surface area is 112 Å². The summed E-state index contributed by atoms with van der Waals surface area (Å²) < 4.78 is 0. The van der Waals surface area contributed by atoms with Crippen LogP contribution in [0, 0.1) is 6.92 Å². The number of nitrogens with zero attached hydrogens (tertiary/aromatic N) is 2.